The fraction of sp³-hybridized carbons (Fsp3) is 0.312. The molecule has 1 unspecified atom stereocenters. The standard InChI is InChI=1S/C16H17NO2S.ClH/c18-20(19)16(13-7-4-10-17-11-13)15-9-3-6-12-5-1-2-8-14(12)15;/h1-3,5-6,8-9,13,17H,4,7,10-11H2;1H. The molecule has 0 radical (unpaired) electrons. The first-order valence-electron chi connectivity index (χ1n) is 6.92. The quantitative estimate of drug-likeness (QED) is 0.682. The van der Waals surface area contributed by atoms with Crippen LogP contribution in [0.1, 0.15) is 18.4 Å². The second-order valence-corrected chi connectivity index (χ2v) is 6.08. The molecule has 112 valence electrons. The van der Waals surface area contributed by atoms with Crippen molar-refractivity contribution in [2.75, 3.05) is 13.1 Å². The minimum Gasteiger partial charge on any atom is -0.316 e. The smallest absolute Gasteiger partial charge is 0.218 e. The number of fused-ring (bicyclic) bond motifs is 1. The summed E-state index contributed by atoms with van der Waals surface area (Å²) in [4.78, 5) is 0.550. The summed E-state index contributed by atoms with van der Waals surface area (Å²) >= 11 is 0. The maximum absolute atomic E-state index is 11.8. The molecule has 0 bridgehead atoms. The summed E-state index contributed by atoms with van der Waals surface area (Å²) in [7, 11) is -2.18. The molecule has 1 aliphatic heterocycles. The predicted molar refractivity (Wildman–Crippen MR) is 89.8 cm³/mol. The zero-order chi connectivity index (χ0) is 13.9. The molecule has 0 amide bonds. The van der Waals surface area contributed by atoms with Gasteiger partial charge in [0.05, 0.1) is 4.86 Å². The van der Waals surface area contributed by atoms with Crippen molar-refractivity contribution >= 4 is 38.3 Å². The maximum Gasteiger partial charge on any atom is 0.218 e. The highest BCUT2D eigenvalue weighted by Crippen LogP contribution is 2.24. The summed E-state index contributed by atoms with van der Waals surface area (Å²) in [6.45, 7) is 1.72. The zero-order valence-corrected chi connectivity index (χ0v) is 13.2. The molecular weight excluding hydrogens is 306 g/mol. The predicted octanol–water partition coefficient (Wildman–Crippen LogP) is 2.66. The summed E-state index contributed by atoms with van der Waals surface area (Å²) in [6, 6.07) is 13.8. The van der Waals surface area contributed by atoms with Gasteiger partial charge in [0.15, 0.2) is 0 Å². The Balaban J connectivity index is 0.00000161. The second-order valence-electron chi connectivity index (χ2n) is 5.17. The Morgan fingerprint density at radius 3 is 2.57 bits per heavy atom. The average Bonchev–Trinajstić information content (AvgIpc) is 2.48. The molecule has 1 aliphatic rings. The van der Waals surface area contributed by atoms with E-state index in [1.54, 1.807) is 0 Å². The summed E-state index contributed by atoms with van der Waals surface area (Å²) in [6.07, 6.45) is 1.95. The third kappa shape index (κ3) is 3.28. The topological polar surface area (TPSA) is 46.2 Å². The number of hydrogen-bond acceptors (Lipinski definition) is 3. The number of rotatable bonds is 2. The second kappa shape index (κ2) is 7.07. The van der Waals surface area contributed by atoms with Crippen molar-refractivity contribution in [3.63, 3.8) is 0 Å². The average molecular weight is 324 g/mol. The van der Waals surface area contributed by atoms with Gasteiger partial charge in [-0.1, -0.05) is 42.5 Å². The van der Waals surface area contributed by atoms with Crippen molar-refractivity contribution in [1.82, 2.24) is 5.32 Å². The molecule has 2 aromatic carbocycles. The van der Waals surface area contributed by atoms with E-state index in [9.17, 15) is 8.42 Å². The van der Waals surface area contributed by atoms with Crippen molar-refractivity contribution in [2.45, 2.75) is 12.8 Å². The van der Waals surface area contributed by atoms with Crippen LogP contribution in [-0.4, -0.2) is 26.4 Å². The van der Waals surface area contributed by atoms with Gasteiger partial charge in [-0.15, -0.1) is 12.4 Å². The van der Waals surface area contributed by atoms with Gasteiger partial charge < -0.3 is 5.32 Å². The molecule has 0 aromatic heterocycles. The highest BCUT2D eigenvalue weighted by atomic mass is 35.5. The van der Waals surface area contributed by atoms with E-state index in [1.165, 1.54) is 0 Å². The first kappa shape index (κ1) is 16.0. The highest BCUT2D eigenvalue weighted by molar-refractivity contribution is 7.73. The van der Waals surface area contributed by atoms with Crippen molar-refractivity contribution in [3.05, 3.63) is 48.0 Å². The van der Waals surface area contributed by atoms with Gasteiger partial charge in [-0.3, -0.25) is 0 Å². The van der Waals surface area contributed by atoms with Crippen LogP contribution in [0.15, 0.2) is 42.5 Å². The summed E-state index contributed by atoms with van der Waals surface area (Å²) in [5.41, 5.74) is 0.852. The van der Waals surface area contributed by atoms with E-state index < -0.39 is 10.3 Å². The molecule has 1 heterocycles. The van der Waals surface area contributed by atoms with Crippen molar-refractivity contribution in [1.29, 1.82) is 0 Å². The molecule has 2 aromatic rings. The van der Waals surface area contributed by atoms with Crippen molar-refractivity contribution < 1.29 is 8.42 Å². The van der Waals surface area contributed by atoms with E-state index in [1.807, 2.05) is 42.5 Å². The third-order valence-electron chi connectivity index (χ3n) is 3.90. The van der Waals surface area contributed by atoms with Crippen LogP contribution in [0.25, 0.3) is 10.8 Å². The number of hydrogen-bond donors (Lipinski definition) is 1. The number of halogens is 1. The maximum atomic E-state index is 11.8. The molecule has 1 atom stereocenters. The van der Waals surface area contributed by atoms with Crippen LogP contribution in [0.3, 0.4) is 0 Å². The Bertz CT molecular complexity index is 751. The lowest BCUT2D eigenvalue weighted by molar-refractivity contribution is 0.461. The summed E-state index contributed by atoms with van der Waals surface area (Å²) in [5, 5.41) is 5.39. The molecule has 1 fully saturated rings. The van der Waals surface area contributed by atoms with E-state index >= 15 is 0 Å². The molecule has 3 nitrogen and oxygen atoms in total. The molecule has 0 saturated carbocycles. The molecule has 5 heteroatoms. The molecule has 0 spiro atoms. The van der Waals surface area contributed by atoms with Gasteiger partial charge in [0.25, 0.3) is 0 Å². The summed E-state index contributed by atoms with van der Waals surface area (Å²) in [5.74, 6) is 0.0767. The Morgan fingerprint density at radius 2 is 1.86 bits per heavy atom. The zero-order valence-electron chi connectivity index (χ0n) is 11.6. The minimum atomic E-state index is -2.18. The van der Waals surface area contributed by atoms with E-state index in [-0.39, 0.29) is 18.3 Å². The lowest BCUT2D eigenvalue weighted by atomic mass is 9.90. The first-order valence-corrected chi connectivity index (χ1v) is 8.00. The van der Waals surface area contributed by atoms with Gasteiger partial charge in [-0.05, 0) is 30.2 Å². The van der Waals surface area contributed by atoms with Crippen LogP contribution in [0.5, 0.6) is 0 Å². The van der Waals surface area contributed by atoms with Gasteiger partial charge in [0.1, 0.15) is 0 Å². The van der Waals surface area contributed by atoms with Gasteiger partial charge in [0.2, 0.25) is 10.3 Å². The van der Waals surface area contributed by atoms with Crippen molar-refractivity contribution in [3.8, 4) is 0 Å². The SMILES string of the molecule is Cl.O=S(=O)=C(c1cccc2ccccc12)C1CCCNC1. The molecule has 21 heavy (non-hydrogen) atoms. The molecule has 0 aliphatic carbocycles. The highest BCUT2D eigenvalue weighted by Gasteiger charge is 2.23. The monoisotopic (exact) mass is 323 g/mol. The molecule has 1 saturated heterocycles. The van der Waals surface area contributed by atoms with Crippen LogP contribution in [0.4, 0.5) is 0 Å². The van der Waals surface area contributed by atoms with Gasteiger partial charge in [-0.25, -0.2) is 0 Å². The summed E-state index contributed by atoms with van der Waals surface area (Å²) < 4.78 is 23.6. The van der Waals surface area contributed by atoms with Crippen LogP contribution < -0.4 is 5.32 Å². The first-order chi connectivity index (χ1) is 9.77. The lowest BCUT2D eigenvalue weighted by Gasteiger charge is -2.23. The Hall–Kier alpha value is -1.36. The lowest BCUT2D eigenvalue weighted by Crippen LogP contribution is -2.35. The fourth-order valence-electron chi connectivity index (χ4n) is 2.96. The van der Waals surface area contributed by atoms with Crippen LogP contribution in [0, 0.1) is 5.92 Å². The Morgan fingerprint density at radius 1 is 1.10 bits per heavy atom. The van der Waals surface area contributed by atoms with Crippen molar-refractivity contribution in [2.24, 2.45) is 5.92 Å². The Kier molecular flexibility index (Phi) is 5.39. The van der Waals surface area contributed by atoms with Crippen LogP contribution in [-0.2, 0) is 10.3 Å². The number of piperidine rings is 1. The molecule has 3 rings (SSSR count). The van der Waals surface area contributed by atoms with Crippen LogP contribution in [0.2, 0.25) is 0 Å². The number of benzene rings is 2. The normalized spacial score (nSPS) is 18.0. The Labute approximate surface area is 132 Å². The molecular formula is C16H18ClNO2S. The van der Waals surface area contributed by atoms with E-state index in [0.29, 0.717) is 4.86 Å². The van der Waals surface area contributed by atoms with E-state index in [4.69, 9.17) is 0 Å². The van der Waals surface area contributed by atoms with Gasteiger partial charge in [0, 0.05) is 18.0 Å². The van der Waals surface area contributed by atoms with Crippen LogP contribution >= 0.6 is 12.4 Å². The van der Waals surface area contributed by atoms with E-state index in [2.05, 4.69) is 5.32 Å². The molecule has 1 N–H and O–H groups in total. The minimum absolute atomic E-state index is 0. The van der Waals surface area contributed by atoms with Gasteiger partial charge >= 0.3 is 0 Å². The fourth-order valence-corrected chi connectivity index (χ4v) is 3.79. The largest absolute Gasteiger partial charge is 0.316 e. The third-order valence-corrected chi connectivity index (χ3v) is 4.81. The van der Waals surface area contributed by atoms with E-state index in [0.717, 1.165) is 42.3 Å². The number of nitrogens with one attached hydrogen (secondary N) is 1. The van der Waals surface area contributed by atoms with Gasteiger partial charge in [-0.2, -0.15) is 8.42 Å².